The molecule has 1 atom stereocenters. The Morgan fingerprint density at radius 3 is 2.32 bits per heavy atom. The average Bonchev–Trinajstić information content (AvgIpc) is 2.43. The Balaban J connectivity index is 0.00000220. The van der Waals surface area contributed by atoms with Crippen LogP contribution in [0, 0.1) is 13.8 Å². The van der Waals surface area contributed by atoms with E-state index in [9.17, 15) is 5.11 Å². The Kier molecular flexibility index (Phi) is 10.0. The van der Waals surface area contributed by atoms with Crippen LogP contribution in [0.1, 0.15) is 11.1 Å². The van der Waals surface area contributed by atoms with E-state index >= 15 is 0 Å². The number of ether oxygens (including phenoxy) is 1. The minimum atomic E-state index is -0.431. The van der Waals surface area contributed by atoms with Gasteiger partial charge in [0.1, 0.15) is 18.5 Å². The van der Waals surface area contributed by atoms with Crippen molar-refractivity contribution >= 4 is 0 Å². The summed E-state index contributed by atoms with van der Waals surface area (Å²) in [5.41, 5.74) is 2.48. The van der Waals surface area contributed by atoms with Crippen molar-refractivity contribution in [2.24, 2.45) is 0 Å². The molecule has 6 heteroatoms. The largest absolute Gasteiger partial charge is 1.00 e. The summed E-state index contributed by atoms with van der Waals surface area (Å²) in [5.74, 6) is 0.838. The van der Waals surface area contributed by atoms with Gasteiger partial charge < -0.3 is 39.6 Å². The number of rotatable bonds is 5. The molecule has 1 saturated heterocycles. The molecular formula is C16H26Cl2N2O2-2. The van der Waals surface area contributed by atoms with Crippen LogP contribution in [0.3, 0.4) is 0 Å². The maximum absolute atomic E-state index is 10.1. The third kappa shape index (κ3) is 6.71. The first kappa shape index (κ1) is 21.5. The summed E-state index contributed by atoms with van der Waals surface area (Å²) in [7, 11) is 2.14. The molecule has 0 bridgehead atoms. The second-order valence-electron chi connectivity index (χ2n) is 5.81. The molecule has 0 saturated carbocycles. The fourth-order valence-electron chi connectivity index (χ4n) is 2.38. The van der Waals surface area contributed by atoms with Crippen molar-refractivity contribution < 1.29 is 34.7 Å². The first-order chi connectivity index (χ1) is 9.54. The van der Waals surface area contributed by atoms with E-state index in [2.05, 4.69) is 36.8 Å². The van der Waals surface area contributed by atoms with Gasteiger partial charge in [-0.1, -0.05) is 6.07 Å². The first-order valence-electron chi connectivity index (χ1n) is 7.33. The van der Waals surface area contributed by atoms with Crippen LogP contribution in [0.15, 0.2) is 18.2 Å². The molecule has 1 N–H and O–H groups in total. The molecule has 1 aromatic carbocycles. The van der Waals surface area contributed by atoms with Crippen molar-refractivity contribution in [1.29, 1.82) is 0 Å². The van der Waals surface area contributed by atoms with Gasteiger partial charge in [0.2, 0.25) is 0 Å². The van der Waals surface area contributed by atoms with Crippen LogP contribution >= 0.6 is 0 Å². The molecule has 1 aliphatic rings. The maximum atomic E-state index is 10.1. The van der Waals surface area contributed by atoms with Gasteiger partial charge in [0.25, 0.3) is 0 Å². The van der Waals surface area contributed by atoms with Gasteiger partial charge in [0.15, 0.2) is 0 Å². The lowest BCUT2D eigenvalue weighted by molar-refractivity contribution is -0.00100. The number of aliphatic hydroxyl groups is 1. The molecule has 1 aliphatic heterocycles. The predicted octanol–water partition coefficient (Wildman–Crippen LogP) is -4.70. The van der Waals surface area contributed by atoms with Crippen molar-refractivity contribution in [3.8, 4) is 5.75 Å². The normalized spacial score (nSPS) is 17.3. The fraction of sp³-hybridized carbons (Fsp3) is 0.625. The number of piperazine rings is 1. The number of hydrogen-bond donors (Lipinski definition) is 1. The standard InChI is InChI=1S/C16H26N2O2.2ClH/c1-13-4-5-16(10-14(13)2)20-12-15(19)11-18-8-6-17(3)7-9-18;;/h4-5,10,15,19H,6-9,11-12H2,1-3H3;2*1H/p-2. The quantitative estimate of drug-likeness (QED) is 0.580. The summed E-state index contributed by atoms with van der Waals surface area (Å²) in [5, 5.41) is 10.1. The SMILES string of the molecule is Cc1ccc(OCC(O)CN2CCN(C)CC2)cc1C.[Cl-].[Cl-]. The summed E-state index contributed by atoms with van der Waals surface area (Å²) in [4.78, 5) is 4.61. The predicted molar refractivity (Wildman–Crippen MR) is 81.4 cm³/mol. The summed E-state index contributed by atoms with van der Waals surface area (Å²) < 4.78 is 5.68. The highest BCUT2D eigenvalue weighted by Crippen LogP contribution is 2.16. The minimum Gasteiger partial charge on any atom is -1.00 e. The van der Waals surface area contributed by atoms with Gasteiger partial charge >= 0.3 is 0 Å². The Hall–Kier alpha value is -0.520. The van der Waals surface area contributed by atoms with Gasteiger partial charge in [-0.25, -0.2) is 0 Å². The molecule has 1 unspecified atom stereocenters. The topological polar surface area (TPSA) is 35.9 Å². The lowest BCUT2D eigenvalue weighted by atomic mass is 10.1. The van der Waals surface area contributed by atoms with E-state index in [0.29, 0.717) is 13.2 Å². The van der Waals surface area contributed by atoms with Crippen molar-refractivity contribution in [1.82, 2.24) is 9.80 Å². The molecule has 22 heavy (non-hydrogen) atoms. The van der Waals surface area contributed by atoms with Crippen LogP contribution in [-0.4, -0.2) is 67.4 Å². The van der Waals surface area contributed by atoms with E-state index in [0.717, 1.165) is 31.9 Å². The maximum Gasteiger partial charge on any atom is 0.119 e. The van der Waals surface area contributed by atoms with Gasteiger partial charge in [0, 0.05) is 32.7 Å². The second-order valence-corrected chi connectivity index (χ2v) is 5.81. The average molecular weight is 349 g/mol. The molecule has 128 valence electrons. The summed E-state index contributed by atoms with van der Waals surface area (Å²) in [6, 6.07) is 6.04. The lowest BCUT2D eigenvalue weighted by Gasteiger charge is -2.33. The van der Waals surface area contributed by atoms with Crippen LogP contribution in [0.4, 0.5) is 0 Å². The van der Waals surface area contributed by atoms with E-state index in [1.165, 1.54) is 11.1 Å². The van der Waals surface area contributed by atoms with Gasteiger partial charge in [0.05, 0.1) is 0 Å². The Morgan fingerprint density at radius 1 is 1.09 bits per heavy atom. The number of benzene rings is 1. The molecule has 1 fully saturated rings. The van der Waals surface area contributed by atoms with Gasteiger partial charge in [-0.3, -0.25) is 4.90 Å². The minimum absolute atomic E-state index is 0. The second kappa shape index (κ2) is 10.3. The van der Waals surface area contributed by atoms with Crippen LogP contribution in [-0.2, 0) is 0 Å². The smallest absolute Gasteiger partial charge is 0.119 e. The highest BCUT2D eigenvalue weighted by molar-refractivity contribution is 5.33. The molecule has 0 spiro atoms. The highest BCUT2D eigenvalue weighted by atomic mass is 35.5. The van der Waals surface area contributed by atoms with Crippen LogP contribution < -0.4 is 29.6 Å². The van der Waals surface area contributed by atoms with Crippen LogP contribution in [0.25, 0.3) is 0 Å². The van der Waals surface area contributed by atoms with Gasteiger partial charge in [-0.2, -0.15) is 0 Å². The number of hydrogen-bond acceptors (Lipinski definition) is 4. The van der Waals surface area contributed by atoms with Gasteiger partial charge in [-0.15, -0.1) is 0 Å². The molecule has 0 amide bonds. The molecule has 4 nitrogen and oxygen atoms in total. The molecule has 0 radical (unpaired) electrons. The molecule has 0 aromatic heterocycles. The molecule has 0 aliphatic carbocycles. The van der Waals surface area contributed by atoms with E-state index in [-0.39, 0.29) is 24.8 Å². The highest BCUT2D eigenvalue weighted by Gasteiger charge is 2.17. The number of nitrogens with zero attached hydrogens (tertiary/aromatic N) is 2. The van der Waals surface area contributed by atoms with E-state index in [4.69, 9.17) is 4.74 Å². The Bertz CT molecular complexity index is 438. The van der Waals surface area contributed by atoms with E-state index in [1.807, 2.05) is 12.1 Å². The summed E-state index contributed by atoms with van der Waals surface area (Å²) in [6.07, 6.45) is -0.431. The van der Waals surface area contributed by atoms with Crippen molar-refractivity contribution in [3.05, 3.63) is 29.3 Å². The van der Waals surface area contributed by atoms with Gasteiger partial charge in [-0.05, 0) is 44.2 Å². The zero-order chi connectivity index (χ0) is 14.5. The fourth-order valence-corrected chi connectivity index (χ4v) is 2.38. The van der Waals surface area contributed by atoms with Crippen molar-refractivity contribution in [2.45, 2.75) is 20.0 Å². The lowest BCUT2D eigenvalue weighted by Crippen LogP contribution is -3.00. The van der Waals surface area contributed by atoms with Crippen molar-refractivity contribution in [2.75, 3.05) is 46.4 Å². The Labute approximate surface area is 146 Å². The zero-order valence-electron chi connectivity index (χ0n) is 13.6. The van der Waals surface area contributed by atoms with Crippen molar-refractivity contribution in [3.63, 3.8) is 0 Å². The third-order valence-electron chi connectivity index (χ3n) is 3.99. The zero-order valence-corrected chi connectivity index (χ0v) is 15.1. The molecular weight excluding hydrogens is 323 g/mol. The molecule has 2 rings (SSSR count). The first-order valence-corrected chi connectivity index (χ1v) is 7.33. The monoisotopic (exact) mass is 348 g/mol. The summed E-state index contributed by atoms with van der Waals surface area (Å²) >= 11 is 0. The number of aryl methyl sites for hydroxylation is 2. The third-order valence-corrected chi connectivity index (χ3v) is 3.99. The summed E-state index contributed by atoms with van der Waals surface area (Å²) in [6.45, 7) is 9.40. The Morgan fingerprint density at radius 2 is 1.73 bits per heavy atom. The number of halogens is 2. The number of β-amino-alcohol motifs (C(OH)–C–C–N with tert-alkyl or cyclic N) is 1. The van der Waals surface area contributed by atoms with E-state index < -0.39 is 6.10 Å². The van der Waals surface area contributed by atoms with E-state index in [1.54, 1.807) is 0 Å². The molecule has 1 aromatic rings. The number of likely N-dealkylation sites (N-methyl/N-ethyl adjacent to an activating group) is 1. The van der Waals surface area contributed by atoms with Crippen LogP contribution in [0.2, 0.25) is 0 Å². The van der Waals surface area contributed by atoms with Crippen LogP contribution in [0.5, 0.6) is 5.75 Å². The molecule has 1 heterocycles. The number of aliphatic hydroxyl groups excluding tert-OH is 1.